The number of halogens is 1. The number of nitrogens with zero attached hydrogens (tertiary/aromatic N) is 3. The first-order chi connectivity index (χ1) is 12.7. The molecule has 2 N–H and O–H groups in total. The van der Waals surface area contributed by atoms with E-state index in [-0.39, 0.29) is 23.9 Å². The predicted molar refractivity (Wildman–Crippen MR) is 104 cm³/mol. The molecule has 8 nitrogen and oxygen atoms in total. The SMILES string of the molecule is Cl.O=C(C1CN(Cc2nc3ccccc3c(=O)[nH]2)CCO1)N1CCNCC1. The highest BCUT2D eigenvalue weighted by molar-refractivity contribution is 5.85. The van der Waals surface area contributed by atoms with Crippen molar-refractivity contribution >= 4 is 29.2 Å². The summed E-state index contributed by atoms with van der Waals surface area (Å²) in [5.74, 6) is 0.667. The maximum Gasteiger partial charge on any atom is 0.258 e. The van der Waals surface area contributed by atoms with Gasteiger partial charge in [0.25, 0.3) is 11.5 Å². The van der Waals surface area contributed by atoms with Gasteiger partial charge < -0.3 is 19.9 Å². The highest BCUT2D eigenvalue weighted by Crippen LogP contribution is 2.12. The monoisotopic (exact) mass is 393 g/mol. The van der Waals surface area contributed by atoms with Crippen LogP contribution in [0.15, 0.2) is 29.1 Å². The first kappa shape index (κ1) is 19.8. The summed E-state index contributed by atoms with van der Waals surface area (Å²) in [5.41, 5.74) is 0.556. The molecule has 4 rings (SSSR count). The first-order valence-corrected chi connectivity index (χ1v) is 9.02. The van der Waals surface area contributed by atoms with Gasteiger partial charge in [0, 0.05) is 39.3 Å². The molecule has 1 aromatic carbocycles. The number of hydrogen-bond acceptors (Lipinski definition) is 6. The molecule has 2 saturated heterocycles. The van der Waals surface area contributed by atoms with Crippen molar-refractivity contribution in [2.75, 3.05) is 45.9 Å². The van der Waals surface area contributed by atoms with Gasteiger partial charge in [0.2, 0.25) is 0 Å². The number of benzene rings is 1. The van der Waals surface area contributed by atoms with Crippen LogP contribution in [0.4, 0.5) is 0 Å². The van der Waals surface area contributed by atoms with E-state index in [2.05, 4.69) is 20.2 Å². The molecule has 2 fully saturated rings. The van der Waals surface area contributed by atoms with Crippen LogP contribution in [0.2, 0.25) is 0 Å². The second-order valence-electron chi connectivity index (χ2n) is 6.70. The average Bonchev–Trinajstić information content (AvgIpc) is 2.68. The molecule has 0 radical (unpaired) electrons. The molecule has 2 aliphatic heterocycles. The molecule has 1 aromatic heterocycles. The number of carbonyl (C=O) groups is 1. The van der Waals surface area contributed by atoms with E-state index < -0.39 is 6.10 Å². The molecule has 3 heterocycles. The van der Waals surface area contributed by atoms with Crippen LogP contribution in [0.25, 0.3) is 10.9 Å². The number of aromatic nitrogens is 2. The van der Waals surface area contributed by atoms with Crippen LogP contribution in [0.3, 0.4) is 0 Å². The van der Waals surface area contributed by atoms with Crippen molar-refractivity contribution in [2.45, 2.75) is 12.6 Å². The zero-order valence-electron chi connectivity index (χ0n) is 15.0. The molecule has 0 saturated carbocycles. The summed E-state index contributed by atoms with van der Waals surface area (Å²) < 4.78 is 5.71. The van der Waals surface area contributed by atoms with Crippen molar-refractivity contribution in [3.05, 3.63) is 40.4 Å². The lowest BCUT2D eigenvalue weighted by atomic mass is 10.2. The van der Waals surface area contributed by atoms with Crippen LogP contribution in [-0.4, -0.2) is 77.7 Å². The number of carbonyl (C=O) groups excluding carboxylic acids is 1. The Balaban J connectivity index is 0.00000210. The molecule has 0 bridgehead atoms. The normalized spacial score (nSPS) is 21.0. The van der Waals surface area contributed by atoms with Crippen LogP contribution >= 0.6 is 12.4 Å². The summed E-state index contributed by atoms with van der Waals surface area (Å²) in [6, 6.07) is 7.30. The summed E-state index contributed by atoms with van der Waals surface area (Å²) in [5, 5.41) is 3.83. The second-order valence-corrected chi connectivity index (χ2v) is 6.70. The van der Waals surface area contributed by atoms with E-state index in [1.807, 2.05) is 23.1 Å². The number of nitrogens with one attached hydrogen (secondary N) is 2. The van der Waals surface area contributed by atoms with Gasteiger partial charge in [-0.05, 0) is 12.1 Å². The molecule has 0 aliphatic carbocycles. The van der Waals surface area contributed by atoms with E-state index in [1.165, 1.54) is 0 Å². The molecule has 9 heteroatoms. The Morgan fingerprint density at radius 2 is 2.00 bits per heavy atom. The maximum atomic E-state index is 12.7. The maximum absolute atomic E-state index is 12.7. The van der Waals surface area contributed by atoms with Crippen LogP contribution in [0.1, 0.15) is 5.82 Å². The van der Waals surface area contributed by atoms with Gasteiger partial charge in [-0.15, -0.1) is 12.4 Å². The fourth-order valence-corrected chi connectivity index (χ4v) is 3.51. The Morgan fingerprint density at radius 1 is 1.22 bits per heavy atom. The molecule has 27 heavy (non-hydrogen) atoms. The number of hydrogen-bond donors (Lipinski definition) is 2. The summed E-state index contributed by atoms with van der Waals surface area (Å²) >= 11 is 0. The van der Waals surface area contributed by atoms with Gasteiger partial charge in [-0.3, -0.25) is 14.5 Å². The summed E-state index contributed by atoms with van der Waals surface area (Å²) in [6.07, 6.45) is -0.450. The van der Waals surface area contributed by atoms with Gasteiger partial charge in [-0.1, -0.05) is 12.1 Å². The Hall–Kier alpha value is -2.00. The highest BCUT2D eigenvalue weighted by Gasteiger charge is 2.31. The molecule has 146 valence electrons. The quantitative estimate of drug-likeness (QED) is 0.761. The zero-order chi connectivity index (χ0) is 17.9. The standard InChI is InChI=1S/C18H23N5O3.ClH/c24-17-13-3-1-2-4-14(13)20-16(21-17)12-22-9-10-26-15(11-22)18(25)23-7-5-19-6-8-23;/h1-4,15,19H,5-12H2,(H,20,21,24);1H. The van der Waals surface area contributed by atoms with Gasteiger partial charge in [0.1, 0.15) is 11.9 Å². The molecular weight excluding hydrogens is 370 g/mol. The minimum atomic E-state index is -0.450. The molecule has 1 atom stereocenters. The molecule has 0 spiro atoms. The fourth-order valence-electron chi connectivity index (χ4n) is 3.51. The van der Waals surface area contributed by atoms with Crippen molar-refractivity contribution in [3.63, 3.8) is 0 Å². The number of morpholine rings is 1. The molecule has 2 aromatic rings. The smallest absolute Gasteiger partial charge is 0.258 e. The van der Waals surface area contributed by atoms with E-state index in [0.29, 0.717) is 43.0 Å². The average molecular weight is 394 g/mol. The molecule has 2 aliphatic rings. The van der Waals surface area contributed by atoms with Gasteiger partial charge >= 0.3 is 0 Å². The van der Waals surface area contributed by atoms with Crippen molar-refractivity contribution in [1.82, 2.24) is 25.1 Å². The Bertz CT molecular complexity index is 852. The Morgan fingerprint density at radius 3 is 2.81 bits per heavy atom. The lowest BCUT2D eigenvalue weighted by Crippen LogP contribution is -2.55. The van der Waals surface area contributed by atoms with Crippen molar-refractivity contribution in [2.24, 2.45) is 0 Å². The third-order valence-corrected chi connectivity index (χ3v) is 4.89. The Kier molecular flexibility index (Phi) is 6.43. The number of aromatic amines is 1. The van der Waals surface area contributed by atoms with Gasteiger partial charge in [0.05, 0.1) is 24.1 Å². The van der Waals surface area contributed by atoms with E-state index in [0.717, 1.165) is 26.2 Å². The third-order valence-electron chi connectivity index (χ3n) is 4.89. The van der Waals surface area contributed by atoms with E-state index in [4.69, 9.17) is 4.74 Å². The Labute approximate surface area is 163 Å². The van der Waals surface area contributed by atoms with Crippen molar-refractivity contribution < 1.29 is 9.53 Å². The number of H-pyrrole nitrogens is 1. The molecule has 1 amide bonds. The van der Waals surface area contributed by atoms with E-state index >= 15 is 0 Å². The molecule has 1 unspecified atom stereocenters. The van der Waals surface area contributed by atoms with Crippen LogP contribution in [0.5, 0.6) is 0 Å². The van der Waals surface area contributed by atoms with E-state index in [1.54, 1.807) is 6.07 Å². The lowest BCUT2D eigenvalue weighted by molar-refractivity contribution is -0.150. The third kappa shape index (κ3) is 4.47. The number of para-hydroxylation sites is 1. The number of ether oxygens (including phenoxy) is 1. The lowest BCUT2D eigenvalue weighted by Gasteiger charge is -2.36. The predicted octanol–water partition coefficient (Wildman–Crippen LogP) is -0.0225. The van der Waals surface area contributed by atoms with Gasteiger partial charge in [-0.2, -0.15) is 0 Å². The zero-order valence-corrected chi connectivity index (χ0v) is 15.8. The van der Waals surface area contributed by atoms with Crippen LogP contribution in [0, 0.1) is 0 Å². The number of amides is 1. The van der Waals surface area contributed by atoms with Crippen molar-refractivity contribution in [3.8, 4) is 0 Å². The van der Waals surface area contributed by atoms with Gasteiger partial charge in [-0.25, -0.2) is 4.98 Å². The number of rotatable bonds is 3. The summed E-state index contributed by atoms with van der Waals surface area (Å²) in [7, 11) is 0. The second kappa shape index (κ2) is 8.79. The largest absolute Gasteiger partial charge is 0.366 e. The van der Waals surface area contributed by atoms with Crippen LogP contribution in [-0.2, 0) is 16.1 Å². The number of fused-ring (bicyclic) bond motifs is 1. The fraction of sp³-hybridized carbons (Fsp3) is 0.500. The summed E-state index contributed by atoms with van der Waals surface area (Å²) in [4.78, 5) is 36.2. The number of piperazine rings is 1. The van der Waals surface area contributed by atoms with Crippen molar-refractivity contribution in [1.29, 1.82) is 0 Å². The minimum absolute atomic E-state index is 0. The topological polar surface area (TPSA) is 90.6 Å². The molecular formula is C18H24ClN5O3. The summed E-state index contributed by atoms with van der Waals surface area (Å²) in [6.45, 7) is 5.31. The van der Waals surface area contributed by atoms with Gasteiger partial charge in [0.15, 0.2) is 0 Å². The van der Waals surface area contributed by atoms with Crippen LogP contribution < -0.4 is 10.9 Å². The first-order valence-electron chi connectivity index (χ1n) is 9.02. The minimum Gasteiger partial charge on any atom is -0.366 e. The highest BCUT2D eigenvalue weighted by atomic mass is 35.5. The van der Waals surface area contributed by atoms with E-state index in [9.17, 15) is 9.59 Å².